The van der Waals surface area contributed by atoms with Crippen molar-refractivity contribution in [3.8, 4) is 0 Å². The van der Waals surface area contributed by atoms with Crippen LogP contribution in [0.25, 0.3) is 0 Å². The fraction of sp³-hybridized carbons (Fsp3) is 0.591. The molecular formula is C44H64N8O20. The fourth-order valence-corrected chi connectivity index (χ4v) is 7.75. The number of anilines is 1. The quantitative estimate of drug-likeness (QED) is 0.0273. The number of amides is 3. The average molecular weight is 1030 g/mol. The van der Waals surface area contributed by atoms with Crippen LogP contribution in [0.1, 0.15) is 56.9 Å². The van der Waals surface area contributed by atoms with Crippen molar-refractivity contribution in [1.29, 1.82) is 0 Å². The normalized spacial score (nSPS) is 17.0. The summed E-state index contributed by atoms with van der Waals surface area (Å²) in [6.07, 6.45) is -2.60. The van der Waals surface area contributed by atoms with Gasteiger partial charge in [0.25, 0.3) is 0 Å². The van der Waals surface area contributed by atoms with Crippen LogP contribution in [0.15, 0.2) is 24.3 Å². The highest BCUT2D eigenvalue weighted by atomic mass is 16.4. The molecule has 1 heterocycles. The number of aldehydes is 1. The van der Waals surface area contributed by atoms with Gasteiger partial charge in [-0.3, -0.25) is 58.0 Å². The lowest BCUT2D eigenvalue weighted by Crippen LogP contribution is -2.53. The first-order valence-electron chi connectivity index (χ1n) is 22.8. The molecule has 400 valence electrons. The Labute approximate surface area is 412 Å². The summed E-state index contributed by atoms with van der Waals surface area (Å²) in [4.78, 5) is 150. The van der Waals surface area contributed by atoms with Crippen LogP contribution in [-0.4, -0.2) is 235 Å². The number of urea groups is 1. The van der Waals surface area contributed by atoms with Crippen molar-refractivity contribution in [3.05, 3.63) is 29.8 Å². The molecule has 1 unspecified atom stereocenters. The molecule has 1 aromatic carbocycles. The Balaban J connectivity index is 2.20. The van der Waals surface area contributed by atoms with E-state index < -0.39 is 141 Å². The smallest absolute Gasteiger partial charge is 0.326 e. The maximum atomic E-state index is 13.6. The largest absolute Gasteiger partial charge is 0.481 e. The first-order valence-corrected chi connectivity index (χ1v) is 22.8. The second kappa shape index (κ2) is 31.8. The van der Waals surface area contributed by atoms with Gasteiger partial charge in [-0.05, 0) is 49.8 Å². The van der Waals surface area contributed by atoms with Gasteiger partial charge in [-0.1, -0.05) is 12.1 Å². The van der Waals surface area contributed by atoms with E-state index >= 15 is 0 Å². The number of carbonyl (C=O) groups is 12. The number of ketones is 1. The van der Waals surface area contributed by atoms with Crippen molar-refractivity contribution in [3.63, 3.8) is 0 Å². The molecule has 0 aromatic heterocycles. The standard InChI is InChI=1S/C44H64N8O20/c53-18-17-49-11-12-50(24-38(61)62)13-14-51(25-39(63)64)23-30(52(16-15-49)26-40(65)66)19-27-4-6-29(7-5-27)46-33(22-37(59)60)34(54)20-28(21-36(57)58)41(67)45-10-2-1-3-31(42(68)69)47-44(72)48-32(43(70)71)8-9-35(55)56/h4-7,18,28,30-33,46H,1-3,8-17,19-26H2,(H,45,67)(H,55,56)(H,57,58)(H,59,60)(H,61,62)(H,63,64)(H,65,66)(H,68,69)(H,70,71)(H2,47,48,72)/t28-,30?,31+,32+,33-/m1/s1. The summed E-state index contributed by atoms with van der Waals surface area (Å²) in [6.45, 7) is -0.196. The lowest BCUT2D eigenvalue weighted by molar-refractivity contribution is -0.142. The van der Waals surface area contributed by atoms with E-state index in [-0.39, 0.29) is 96.8 Å². The maximum Gasteiger partial charge on any atom is 0.326 e. The van der Waals surface area contributed by atoms with E-state index in [1.807, 2.05) is 5.32 Å². The molecule has 1 saturated heterocycles. The minimum Gasteiger partial charge on any atom is -0.481 e. The molecular weight excluding hydrogens is 961 g/mol. The molecule has 12 N–H and O–H groups in total. The summed E-state index contributed by atoms with van der Waals surface area (Å²) in [6, 6.07) is -0.190. The third-order valence-electron chi connectivity index (χ3n) is 11.4. The van der Waals surface area contributed by atoms with Gasteiger partial charge in [-0.2, -0.15) is 0 Å². The fourth-order valence-electron chi connectivity index (χ4n) is 7.75. The molecule has 28 heteroatoms. The molecule has 72 heavy (non-hydrogen) atoms. The summed E-state index contributed by atoms with van der Waals surface area (Å²) in [7, 11) is 0. The number of hydrogen-bond acceptors (Lipinski definition) is 17. The predicted molar refractivity (Wildman–Crippen MR) is 247 cm³/mol. The van der Waals surface area contributed by atoms with E-state index in [9.17, 15) is 93.3 Å². The van der Waals surface area contributed by atoms with Gasteiger partial charge >= 0.3 is 53.8 Å². The maximum absolute atomic E-state index is 13.6. The molecule has 0 spiro atoms. The van der Waals surface area contributed by atoms with E-state index in [1.165, 1.54) is 12.1 Å². The molecule has 0 radical (unpaired) electrons. The van der Waals surface area contributed by atoms with Crippen LogP contribution in [0.4, 0.5) is 10.5 Å². The molecule has 0 saturated carbocycles. The van der Waals surface area contributed by atoms with E-state index in [0.29, 0.717) is 11.8 Å². The molecule has 3 amide bonds. The Morgan fingerprint density at radius 1 is 0.583 bits per heavy atom. The molecule has 2 rings (SSSR count). The van der Waals surface area contributed by atoms with Crippen LogP contribution in [0.2, 0.25) is 0 Å². The van der Waals surface area contributed by atoms with Crippen molar-refractivity contribution < 1.29 is 98.4 Å². The number of benzene rings is 1. The Hall–Kier alpha value is -7.30. The van der Waals surface area contributed by atoms with Crippen molar-refractivity contribution in [2.45, 2.75) is 82.0 Å². The third-order valence-corrected chi connectivity index (χ3v) is 11.4. The molecule has 28 nitrogen and oxygen atoms in total. The van der Waals surface area contributed by atoms with E-state index in [0.717, 1.165) is 0 Å². The summed E-state index contributed by atoms with van der Waals surface area (Å²) < 4.78 is 0. The van der Waals surface area contributed by atoms with Gasteiger partial charge in [0.2, 0.25) is 5.91 Å². The molecule has 5 atom stereocenters. The number of rotatable bonds is 32. The monoisotopic (exact) mass is 1020 g/mol. The summed E-state index contributed by atoms with van der Waals surface area (Å²) in [5, 5.41) is 85.3. The van der Waals surface area contributed by atoms with Crippen LogP contribution in [0, 0.1) is 5.92 Å². The predicted octanol–water partition coefficient (Wildman–Crippen LogP) is -2.07. The number of nitrogens with zero attached hydrogens (tertiary/aromatic N) is 4. The number of nitrogens with one attached hydrogen (secondary N) is 4. The number of aliphatic carboxylic acids is 8. The molecule has 0 bridgehead atoms. The molecule has 1 aromatic rings. The molecule has 1 fully saturated rings. The zero-order valence-corrected chi connectivity index (χ0v) is 39.4. The van der Waals surface area contributed by atoms with Crippen LogP contribution in [-0.2, 0) is 59.2 Å². The highest BCUT2D eigenvalue weighted by Crippen LogP contribution is 2.20. The Bertz CT molecular complexity index is 2060. The average Bonchev–Trinajstić information content (AvgIpc) is 3.27. The first-order chi connectivity index (χ1) is 33.9. The highest BCUT2D eigenvalue weighted by Gasteiger charge is 2.31. The minimum atomic E-state index is -1.62. The number of unbranched alkanes of at least 4 members (excludes halogenated alkanes) is 1. The highest BCUT2D eigenvalue weighted by molar-refractivity contribution is 5.95. The Kier molecular flexibility index (Phi) is 26.9. The van der Waals surface area contributed by atoms with Crippen LogP contribution >= 0.6 is 0 Å². The summed E-state index contributed by atoms with van der Waals surface area (Å²) in [5.41, 5.74) is 0.847. The second-order valence-corrected chi connectivity index (χ2v) is 17.1. The number of carboxylic acid groups (broad SMARTS) is 8. The Morgan fingerprint density at radius 3 is 1.67 bits per heavy atom. The Morgan fingerprint density at radius 2 is 1.12 bits per heavy atom. The summed E-state index contributed by atoms with van der Waals surface area (Å²) in [5.74, 6) is -13.8. The van der Waals surface area contributed by atoms with Crippen LogP contribution in [0.3, 0.4) is 0 Å². The molecule has 1 aliphatic rings. The lowest BCUT2D eigenvalue weighted by atomic mass is 9.93. The van der Waals surface area contributed by atoms with E-state index in [1.54, 1.807) is 31.7 Å². The third kappa shape index (κ3) is 25.0. The van der Waals surface area contributed by atoms with Gasteiger partial charge in [0, 0.05) is 76.9 Å². The lowest BCUT2D eigenvalue weighted by Gasteiger charge is -2.37. The van der Waals surface area contributed by atoms with Gasteiger partial charge in [0.15, 0.2) is 5.78 Å². The SMILES string of the molecule is O=CCN1CCN(CC(=O)O)CCN(CC(=O)O)CC(Cc2ccc(N[C@H](CC(=O)O)C(=O)C[C@H](CC(=O)O)C(=O)NCCCC[C@H](NC(=O)N[C@@H](CCC(=O)O)C(=O)O)C(=O)O)cc2)N(CC(=O)O)CC1. The topological polar surface area (TPSA) is 428 Å². The van der Waals surface area contributed by atoms with Crippen LogP contribution in [0.5, 0.6) is 0 Å². The second-order valence-electron chi connectivity index (χ2n) is 17.1. The first kappa shape index (κ1) is 60.8. The van der Waals surface area contributed by atoms with Gasteiger partial charge < -0.3 is 66.9 Å². The van der Waals surface area contributed by atoms with Crippen molar-refractivity contribution in [2.75, 3.05) is 83.9 Å². The zero-order chi connectivity index (χ0) is 53.9. The van der Waals surface area contributed by atoms with Crippen LogP contribution < -0.4 is 21.3 Å². The van der Waals surface area contributed by atoms with Gasteiger partial charge in [0.05, 0.1) is 51.0 Å². The van der Waals surface area contributed by atoms with E-state index in [4.69, 9.17) is 5.11 Å². The number of Topliss-reactive ketones (excluding diaryl/α,β-unsaturated/α-hetero) is 1. The number of hydrogen-bond donors (Lipinski definition) is 12. The van der Waals surface area contributed by atoms with Crippen molar-refractivity contribution in [2.24, 2.45) is 5.92 Å². The van der Waals surface area contributed by atoms with Gasteiger partial charge in [-0.15, -0.1) is 0 Å². The van der Waals surface area contributed by atoms with Crippen molar-refractivity contribution >= 4 is 77.4 Å². The summed E-state index contributed by atoms with van der Waals surface area (Å²) >= 11 is 0. The van der Waals surface area contributed by atoms with Crippen molar-refractivity contribution in [1.82, 2.24) is 35.6 Å². The van der Waals surface area contributed by atoms with Gasteiger partial charge in [0.1, 0.15) is 18.4 Å². The minimum absolute atomic E-state index is 0.00355. The molecule has 0 aliphatic carbocycles. The van der Waals surface area contributed by atoms with Gasteiger partial charge in [-0.25, -0.2) is 14.4 Å². The zero-order valence-electron chi connectivity index (χ0n) is 39.4. The molecule has 1 aliphatic heterocycles. The number of carbonyl (C=O) groups excluding carboxylic acids is 4. The van der Waals surface area contributed by atoms with E-state index in [2.05, 4.69) is 16.0 Å². The number of carboxylic acids is 8.